The van der Waals surface area contributed by atoms with Gasteiger partial charge in [-0.25, -0.2) is 0 Å². The van der Waals surface area contributed by atoms with Gasteiger partial charge < -0.3 is 0 Å². The fourth-order valence-corrected chi connectivity index (χ4v) is 1.50. The first kappa shape index (κ1) is 15.3. The third-order valence-electron chi connectivity index (χ3n) is 2.26. The normalized spacial score (nSPS) is 12.1. The summed E-state index contributed by atoms with van der Waals surface area (Å²) in [4.78, 5) is 11.5. The van der Waals surface area contributed by atoms with Crippen LogP contribution < -0.4 is 10.9 Å². The molecule has 0 saturated carbocycles. The van der Waals surface area contributed by atoms with E-state index in [0.717, 1.165) is 6.07 Å². The number of carbonyl (C=O) groups is 1. The van der Waals surface area contributed by atoms with Crippen LogP contribution in [0.3, 0.4) is 0 Å². The van der Waals surface area contributed by atoms with E-state index in [1.807, 2.05) is 20.8 Å². The van der Waals surface area contributed by atoms with E-state index in [2.05, 4.69) is 10.9 Å². The van der Waals surface area contributed by atoms with Crippen molar-refractivity contribution in [2.45, 2.75) is 33.4 Å². The quantitative estimate of drug-likeness (QED) is 0.827. The molecule has 2 N–H and O–H groups in total. The smallest absolute Gasteiger partial charge is 0.298 e. The molecule has 1 rings (SSSR count). The van der Waals surface area contributed by atoms with Crippen molar-refractivity contribution in [3.05, 3.63) is 29.8 Å². The largest absolute Gasteiger partial charge is 0.418 e. The second-order valence-electron chi connectivity index (χ2n) is 5.45. The number of hydrogen-bond acceptors (Lipinski definition) is 2. The Kier molecular flexibility index (Phi) is 4.44. The molecule has 0 unspecified atom stereocenters. The van der Waals surface area contributed by atoms with Crippen LogP contribution >= 0.6 is 0 Å². The van der Waals surface area contributed by atoms with E-state index < -0.39 is 11.7 Å². The lowest BCUT2D eigenvalue weighted by Crippen LogP contribution is -2.33. The lowest BCUT2D eigenvalue weighted by molar-refractivity contribution is -0.137. The third kappa shape index (κ3) is 5.19. The van der Waals surface area contributed by atoms with Crippen LogP contribution in [0, 0.1) is 5.41 Å². The van der Waals surface area contributed by atoms with Gasteiger partial charge in [0.2, 0.25) is 5.91 Å². The lowest BCUT2D eigenvalue weighted by Gasteiger charge is -2.19. The molecule has 0 aliphatic heterocycles. The zero-order chi connectivity index (χ0) is 14.7. The predicted octanol–water partition coefficient (Wildman–Crippen LogP) is 3.58. The maximum atomic E-state index is 12.7. The summed E-state index contributed by atoms with van der Waals surface area (Å²) in [6.45, 7) is 5.61. The minimum absolute atomic E-state index is 0.169. The van der Waals surface area contributed by atoms with Crippen molar-refractivity contribution < 1.29 is 18.0 Å². The first-order chi connectivity index (χ1) is 8.59. The summed E-state index contributed by atoms with van der Waals surface area (Å²) in [5.74, 6) is -0.357. The summed E-state index contributed by atoms with van der Waals surface area (Å²) in [7, 11) is 0. The first-order valence-electron chi connectivity index (χ1n) is 5.81. The number of anilines is 1. The molecule has 0 fully saturated rings. The molecule has 0 saturated heterocycles. The standard InChI is InChI=1S/C13H17F3N2O/c1-12(2,3)8-11(19)18-17-10-7-5-4-6-9(10)13(14,15)16/h4-7,17H,8H2,1-3H3,(H,18,19). The topological polar surface area (TPSA) is 41.1 Å². The number of hydrazine groups is 1. The fraction of sp³-hybridized carbons (Fsp3) is 0.462. The number of carbonyl (C=O) groups excluding carboxylic acids is 1. The third-order valence-corrected chi connectivity index (χ3v) is 2.26. The van der Waals surface area contributed by atoms with Gasteiger partial charge in [-0.3, -0.25) is 15.6 Å². The van der Waals surface area contributed by atoms with Crippen LogP contribution in [0.25, 0.3) is 0 Å². The summed E-state index contributed by atoms with van der Waals surface area (Å²) >= 11 is 0. The van der Waals surface area contributed by atoms with Gasteiger partial charge in [0.15, 0.2) is 0 Å². The van der Waals surface area contributed by atoms with Crippen LogP contribution in [-0.4, -0.2) is 5.91 Å². The van der Waals surface area contributed by atoms with Crippen molar-refractivity contribution >= 4 is 11.6 Å². The number of para-hydroxylation sites is 1. The number of alkyl halides is 3. The van der Waals surface area contributed by atoms with E-state index >= 15 is 0 Å². The van der Waals surface area contributed by atoms with E-state index in [9.17, 15) is 18.0 Å². The highest BCUT2D eigenvalue weighted by Crippen LogP contribution is 2.34. The zero-order valence-corrected chi connectivity index (χ0v) is 11.1. The molecule has 106 valence electrons. The molecule has 0 heterocycles. The van der Waals surface area contributed by atoms with Gasteiger partial charge in [-0.05, 0) is 17.5 Å². The Balaban J connectivity index is 2.71. The second-order valence-corrected chi connectivity index (χ2v) is 5.45. The minimum atomic E-state index is -4.46. The molecule has 6 heteroatoms. The fourth-order valence-electron chi connectivity index (χ4n) is 1.50. The molecule has 0 aliphatic carbocycles. The van der Waals surface area contributed by atoms with E-state index in [4.69, 9.17) is 0 Å². The SMILES string of the molecule is CC(C)(C)CC(=O)NNc1ccccc1C(F)(F)F. The number of benzene rings is 1. The van der Waals surface area contributed by atoms with Crippen molar-refractivity contribution in [2.24, 2.45) is 5.41 Å². The number of hydrogen-bond donors (Lipinski definition) is 2. The van der Waals surface area contributed by atoms with Crippen LogP contribution in [0.5, 0.6) is 0 Å². The number of amides is 1. The summed E-state index contributed by atoms with van der Waals surface area (Å²) in [5, 5.41) is 0. The van der Waals surface area contributed by atoms with Crippen molar-refractivity contribution in [1.82, 2.24) is 5.43 Å². The summed E-state index contributed by atoms with van der Waals surface area (Å²) in [5.41, 5.74) is 3.39. The molecule has 3 nitrogen and oxygen atoms in total. The van der Waals surface area contributed by atoms with Crippen molar-refractivity contribution in [3.8, 4) is 0 Å². The first-order valence-corrected chi connectivity index (χ1v) is 5.81. The molecule has 0 radical (unpaired) electrons. The molecule has 0 aromatic heterocycles. The molecule has 0 atom stereocenters. The van der Waals surface area contributed by atoms with E-state index in [0.29, 0.717) is 0 Å². The van der Waals surface area contributed by atoms with Crippen molar-refractivity contribution in [3.63, 3.8) is 0 Å². The maximum absolute atomic E-state index is 12.7. The molecule has 1 aromatic carbocycles. The average Bonchev–Trinajstić information content (AvgIpc) is 2.23. The van der Waals surface area contributed by atoms with Gasteiger partial charge in [-0.2, -0.15) is 13.2 Å². The van der Waals surface area contributed by atoms with Crippen LogP contribution in [0.1, 0.15) is 32.8 Å². The van der Waals surface area contributed by atoms with Crippen LogP contribution in [-0.2, 0) is 11.0 Å². The highest BCUT2D eigenvalue weighted by molar-refractivity contribution is 5.78. The Hall–Kier alpha value is -1.72. The molecule has 0 aliphatic rings. The zero-order valence-electron chi connectivity index (χ0n) is 11.1. The molecule has 0 spiro atoms. The number of halogens is 3. The van der Waals surface area contributed by atoms with Gasteiger partial charge in [0.25, 0.3) is 0 Å². The highest BCUT2D eigenvalue weighted by Gasteiger charge is 2.33. The Morgan fingerprint density at radius 3 is 2.26 bits per heavy atom. The monoisotopic (exact) mass is 274 g/mol. The van der Waals surface area contributed by atoms with E-state index in [1.54, 1.807) is 0 Å². The maximum Gasteiger partial charge on any atom is 0.418 e. The van der Waals surface area contributed by atoms with Gasteiger partial charge in [-0.1, -0.05) is 32.9 Å². The van der Waals surface area contributed by atoms with Crippen LogP contribution in [0.15, 0.2) is 24.3 Å². The predicted molar refractivity (Wildman–Crippen MR) is 67.3 cm³/mol. The summed E-state index contributed by atoms with van der Waals surface area (Å²) < 4.78 is 38.1. The molecule has 1 aromatic rings. The Labute approximate surface area is 110 Å². The van der Waals surface area contributed by atoms with Crippen molar-refractivity contribution in [2.75, 3.05) is 5.43 Å². The molecule has 0 bridgehead atoms. The highest BCUT2D eigenvalue weighted by atomic mass is 19.4. The molecule has 1 amide bonds. The summed E-state index contributed by atoms with van der Waals surface area (Å²) in [6.07, 6.45) is -4.24. The summed E-state index contributed by atoms with van der Waals surface area (Å²) in [6, 6.07) is 4.98. The number of nitrogens with one attached hydrogen (secondary N) is 2. The average molecular weight is 274 g/mol. The Bertz CT molecular complexity index is 450. The Morgan fingerprint density at radius 1 is 1.16 bits per heavy atom. The van der Waals surface area contributed by atoms with Gasteiger partial charge in [-0.15, -0.1) is 0 Å². The molecular formula is C13H17F3N2O. The minimum Gasteiger partial charge on any atom is -0.298 e. The molecule has 19 heavy (non-hydrogen) atoms. The second kappa shape index (κ2) is 5.50. The van der Waals surface area contributed by atoms with Gasteiger partial charge >= 0.3 is 6.18 Å². The molecular weight excluding hydrogens is 257 g/mol. The van der Waals surface area contributed by atoms with Crippen molar-refractivity contribution in [1.29, 1.82) is 0 Å². The van der Waals surface area contributed by atoms with Gasteiger partial charge in [0.05, 0.1) is 11.3 Å². The van der Waals surface area contributed by atoms with Crippen LogP contribution in [0.2, 0.25) is 0 Å². The van der Waals surface area contributed by atoms with E-state index in [-0.39, 0.29) is 23.4 Å². The van der Waals surface area contributed by atoms with E-state index in [1.165, 1.54) is 18.2 Å². The number of rotatable bonds is 3. The van der Waals surface area contributed by atoms with Crippen LogP contribution in [0.4, 0.5) is 18.9 Å². The lowest BCUT2D eigenvalue weighted by atomic mass is 9.92. The van der Waals surface area contributed by atoms with Gasteiger partial charge in [0.1, 0.15) is 0 Å². The van der Waals surface area contributed by atoms with Gasteiger partial charge in [0, 0.05) is 6.42 Å². The Morgan fingerprint density at radius 2 is 1.74 bits per heavy atom.